The van der Waals surface area contributed by atoms with Crippen molar-refractivity contribution >= 4 is 11.8 Å². The molecule has 2 aliphatic rings. The van der Waals surface area contributed by atoms with E-state index in [1.807, 2.05) is 16.4 Å². The molecule has 4 rings (SSSR count). The Hall–Kier alpha value is -2.88. The summed E-state index contributed by atoms with van der Waals surface area (Å²) in [6.07, 6.45) is -0.0929. The molecule has 7 nitrogen and oxygen atoms in total. The zero-order valence-electron chi connectivity index (χ0n) is 19.3. The van der Waals surface area contributed by atoms with E-state index in [4.69, 9.17) is 4.74 Å². The highest BCUT2D eigenvalue weighted by atomic mass is 19.4. The van der Waals surface area contributed by atoms with Crippen molar-refractivity contribution in [2.75, 3.05) is 13.2 Å². The molecule has 0 radical (unpaired) electrons. The van der Waals surface area contributed by atoms with E-state index in [0.717, 1.165) is 31.5 Å². The fraction of sp³-hybridized carbons (Fsp3) is 0.542. The molecule has 0 aliphatic carbocycles. The molecule has 2 atom stereocenters. The van der Waals surface area contributed by atoms with Gasteiger partial charge in [0.1, 0.15) is 11.4 Å². The predicted octanol–water partition coefficient (Wildman–Crippen LogP) is 4.33. The minimum Gasteiger partial charge on any atom is -0.373 e. The largest absolute Gasteiger partial charge is 0.433 e. The predicted molar refractivity (Wildman–Crippen MR) is 118 cm³/mol. The van der Waals surface area contributed by atoms with Gasteiger partial charge in [0.15, 0.2) is 0 Å². The summed E-state index contributed by atoms with van der Waals surface area (Å²) < 4.78 is 46.0. The first-order valence-electron chi connectivity index (χ1n) is 11.7. The zero-order valence-corrected chi connectivity index (χ0v) is 19.3. The van der Waals surface area contributed by atoms with Crippen LogP contribution in [0.4, 0.5) is 13.2 Å². The molecule has 184 valence electrons. The van der Waals surface area contributed by atoms with Crippen LogP contribution in [0.2, 0.25) is 0 Å². The van der Waals surface area contributed by atoms with E-state index < -0.39 is 23.8 Å². The number of fused-ring (bicyclic) bond motifs is 1. The molecule has 1 N–H and O–H groups in total. The van der Waals surface area contributed by atoms with Gasteiger partial charge in [-0.1, -0.05) is 19.9 Å². The average molecular weight is 479 g/mol. The Kier molecular flexibility index (Phi) is 6.97. The van der Waals surface area contributed by atoms with Crippen LogP contribution in [0.5, 0.6) is 0 Å². The van der Waals surface area contributed by atoms with Gasteiger partial charge in [0.25, 0.3) is 11.8 Å². The lowest BCUT2D eigenvalue weighted by molar-refractivity contribution is -0.141. The minimum absolute atomic E-state index is 0.0782. The first-order chi connectivity index (χ1) is 16.2. The van der Waals surface area contributed by atoms with Gasteiger partial charge >= 0.3 is 6.18 Å². The molecular weight excluding hydrogens is 449 g/mol. The fourth-order valence-electron chi connectivity index (χ4n) is 4.81. The van der Waals surface area contributed by atoms with Crippen LogP contribution in [0.3, 0.4) is 0 Å². The highest BCUT2D eigenvalue weighted by Gasteiger charge is 2.34. The number of carbonyl (C=O) groups is 2. The summed E-state index contributed by atoms with van der Waals surface area (Å²) in [5.74, 6) is -0.473. The van der Waals surface area contributed by atoms with Crippen molar-refractivity contribution < 1.29 is 27.5 Å². The number of amides is 2. The Balaban J connectivity index is 1.58. The number of rotatable bonds is 6. The van der Waals surface area contributed by atoms with Crippen LogP contribution in [0.15, 0.2) is 24.4 Å². The van der Waals surface area contributed by atoms with Crippen LogP contribution in [0, 0.1) is 0 Å². The van der Waals surface area contributed by atoms with E-state index in [9.17, 15) is 22.8 Å². The summed E-state index contributed by atoms with van der Waals surface area (Å²) in [6, 6.07) is 3.55. The molecule has 2 aliphatic heterocycles. The number of hydrogen-bond donors (Lipinski definition) is 1. The summed E-state index contributed by atoms with van der Waals surface area (Å²) >= 11 is 0. The lowest BCUT2D eigenvalue weighted by atomic mass is 10.1. The minimum atomic E-state index is -4.52. The standard InChI is InChI=1S/C24H29F3N4O3/c1-3-16-6-5-9-30(16)23(33)19-12-17(20-14-34-11-10-31(19)20)22(32)29-18(4-2)15-7-8-21(28-13-15)24(25,26)27/h7-8,12-13,16,18H,3-6,9-11,14H2,1-2H3,(H,29,32). The number of alkyl halides is 3. The number of nitrogens with zero attached hydrogens (tertiary/aromatic N) is 3. The van der Waals surface area contributed by atoms with E-state index >= 15 is 0 Å². The van der Waals surface area contributed by atoms with Crippen molar-refractivity contribution in [1.82, 2.24) is 19.8 Å². The van der Waals surface area contributed by atoms with E-state index in [0.29, 0.717) is 48.6 Å². The van der Waals surface area contributed by atoms with Gasteiger partial charge in [-0.3, -0.25) is 14.6 Å². The molecule has 0 spiro atoms. The highest BCUT2D eigenvalue weighted by Crippen LogP contribution is 2.30. The molecule has 2 amide bonds. The number of pyridine rings is 1. The Morgan fingerprint density at radius 1 is 1.26 bits per heavy atom. The van der Waals surface area contributed by atoms with Crippen molar-refractivity contribution in [3.63, 3.8) is 0 Å². The molecule has 1 fully saturated rings. The normalized spacial score (nSPS) is 19.1. The summed E-state index contributed by atoms with van der Waals surface area (Å²) in [5.41, 5.74) is 0.972. The number of aromatic nitrogens is 2. The second kappa shape index (κ2) is 9.77. The Morgan fingerprint density at radius 3 is 2.71 bits per heavy atom. The molecule has 10 heteroatoms. The number of hydrogen-bond acceptors (Lipinski definition) is 4. The van der Waals surface area contributed by atoms with Crippen LogP contribution in [0.25, 0.3) is 0 Å². The summed E-state index contributed by atoms with van der Waals surface area (Å²) in [6.45, 7) is 5.75. The highest BCUT2D eigenvalue weighted by molar-refractivity contribution is 6.01. The third kappa shape index (κ3) is 4.68. The van der Waals surface area contributed by atoms with Gasteiger partial charge < -0.3 is 19.5 Å². The molecule has 34 heavy (non-hydrogen) atoms. The summed E-state index contributed by atoms with van der Waals surface area (Å²) in [7, 11) is 0. The topological polar surface area (TPSA) is 76.5 Å². The Bertz CT molecular complexity index is 1050. The van der Waals surface area contributed by atoms with E-state index in [2.05, 4.69) is 17.2 Å². The number of nitrogens with one attached hydrogen (secondary N) is 1. The van der Waals surface area contributed by atoms with Gasteiger partial charge in [0.2, 0.25) is 0 Å². The van der Waals surface area contributed by atoms with Gasteiger partial charge in [-0.15, -0.1) is 0 Å². The van der Waals surface area contributed by atoms with E-state index in [1.54, 1.807) is 6.07 Å². The van der Waals surface area contributed by atoms with Gasteiger partial charge in [0, 0.05) is 25.3 Å². The van der Waals surface area contributed by atoms with Crippen LogP contribution in [-0.2, 0) is 24.1 Å². The molecule has 2 unspecified atom stereocenters. The third-order valence-corrected chi connectivity index (χ3v) is 6.67. The van der Waals surface area contributed by atoms with Crippen molar-refractivity contribution in [2.24, 2.45) is 0 Å². The lowest BCUT2D eigenvalue weighted by Gasteiger charge is -2.25. The Labute approximate surface area is 196 Å². The number of likely N-dealkylation sites (tertiary alicyclic amines) is 1. The van der Waals surface area contributed by atoms with Gasteiger partial charge in [-0.25, -0.2) is 0 Å². The van der Waals surface area contributed by atoms with Crippen molar-refractivity contribution in [2.45, 2.75) is 70.9 Å². The van der Waals surface area contributed by atoms with E-state index in [-0.39, 0.29) is 18.6 Å². The van der Waals surface area contributed by atoms with Gasteiger partial charge in [0.05, 0.1) is 30.5 Å². The smallest absolute Gasteiger partial charge is 0.373 e. The van der Waals surface area contributed by atoms with Crippen LogP contribution in [0.1, 0.15) is 83.4 Å². The van der Waals surface area contributed by atoms with Crippen molar-refractivity contribution in [3.05, 3.63) is 52.6 Å². The van der Waals surface area contributed by atoms with Gasteiger partial charge in [-0.2, -0.15) is 13.2 Å². The fourth-order valence-corrected chi connectivity index (χ4v) is 4.81. The maximum absolute atomic E-state index is 13.4. The molecule has 0 aromatic carbocycles. The molecule has 0 saturated carbocycles. The number of carbonyl (C=O) groups excluding carboxylic acids is 2. The third-order valence-electron chi connectivity index (χ3n) is 6.67. The number of ether oxygens (including phenoxy) is 1. The molecular formula is C24H29F3N4O3. The van der Waals surface area contributed by atoms with Crippen molar-refractivity contribution in [1.29, 1.82) is 0 Å². The van der Waals surface area contributed by atoms with E-state index in [1.165, 1.54) is 6.07 Å². The number of halogens is 3. The summed E-state index contributed by atoms with van der Waals surface area (Å²) in [4.78, 5) is 32.0. The van der Waals surface area contributed by atoms with Crippen LogP contribution >= 0.6 is 0 Å². The molecule has 2 aromatic rings. The average Bonchev–Trinajstić information content (AvgIpc) is 3.46. The van der Waals surface area contributed by atoms with Gasteiger partial charge in [-0.05, 0) is 43.4 Å². The molecule has 2 aromatic heterocycles. The SMILES string of the molecule is CCC(NC(=O)c1cc(C(=O)N2CCCC2CC)n2c1COCC2)c1ccc(C(F)(F)F)nc1. The molecule has 1 saturated heterocycles. The second-order valence-corrected chi connectivity index (χ2v) is 8.71. The monoisotopic (exact) mass is 478 g/mol. The first kappa shape index (κ1) is 24.3. The maximum atomic E-state index is 13.4. The first-order valence-corrected chi connectivity index (χ1v) is 11.7. The summed E-state index contributed by atoms with van der Waals surface area (Å²) in [5, 5.41) is 2.90. The lowest BCUT2D eigenvalue weighted by Crippen LogP contribution is -2.37. The zero-order chi connectivity index (χ0) is 24.5. The van der Waals surface area contributed by atoms with Crippen LogP contribution < -0.4 is 5.32 Å². The molecule has 0 bridgehead atoms. The maximum Gasteiger partial charge on any atom is 0.433 e. The second-order valence-electron chi connectivity index (χ2n) is 8.71. The molecule has 4 heterocycles. The Morgan fingerprint density at radius 2 is 2.06 bits per heavy atom. The van der Waals surface area contributed by atoms with Crippen molar-refractivity contribution in [3.8, 4) is 0 Å². The van der Waals surface area contributed by atoms with Crippen LogP contribution in [-0.4, -0.2) is 45.5 Å². The quantitative estimate of drug-likeness (QED) is 0.671.